The fourth-order valence-corrected chi connectivity index (χ4v) is 2.91. The number of methoxy groups -OCH3 is 1. The molecule has 7 heteroatoms. The van der Waals surface area contributed by atoms with Gasteiger partial charge in [-0.1, -0.05) is 19.1 Å². The van der Waals surface area contributed by atoms with Gasteiger partial charge in [-0.2, -0.15) is 0 Å². The Balaban J connectivity index is 2.16. The molecule has 0 aromatic heterocycles. The van der Waals surface area contributed by atoms with Crippen molar-refractivity contribution in [3.63, 3.8) is 0 Å². The van der Waals surface area contributed by atoms with Gasteiger partial charge < -0.3 is 19.4 Å². The monoisotopic (exact) mass is 347 g/mol. The van der Waals surface area contributed by atoms with Crippen LogP contribution in [0.5, 0.6) is 0 Å². The molecular formula is C18H25N3O4. The molecule has 136 valence electrons. The second kappa shape index (κ2) is 8.62. The molecule has 1 saturated heterocycles. The van der Waals surface area contributed by atoms with Crippen LogP contribution in [0.1, 0.15) is 24.2 Å². The van der Waals surface area contributed by atoms with Crippen molar-refractivity contribution in [3.05, 3.63) is 29.8 Å². The normalized spacial score (nSPS) is 14.9. The Morgan fingerprint density at radius 1 is 1.12 bits per heavy atom. The zero-order valence-corrected chi connectivity index (χ0v) is 15.0. The molecule has 1 aromatic rings. The Bertz CT molecular complexity index is 639. The number of hydrogen-bond donors (Lipinski definition) is 0. The molecule has 1 aromatic carbocycles. The summed E-state index contributed by atoms with van der Waals surface area (Å²) in [5.74, 6) is -0.951. The van der Waals surface area contributed by atoms with Gasteiger partial charge >= 0.3 is 5.97 Å². The number of esters is 1. The number of para-hydroxylation sites is 1. The summed E-state index contributed by atoms with van der Waals surface area (Å²) in [4.78, 5) is 42.1. The van der Waals surface area contributed by atoms with Crippen LogP contribution in [0.25, 0.3) is 0 Å². The minimum atomic E-state index is -0.536. The number of amides is 2. The number of carbonyl (C=O) groups is 3. The van der Waals surface area contributed by atoms with Gasteiger partial charge in [0.05, 0.1) is 18.4 Å². The molecule has 0 spiro atoms. The molecular weight excluding hydrogens is 322 g/mol. The number of anilines is 1. The van der Waals surface area contributed by atoms with Gasteiger partial charge in [0.1, 0.15) is 6.54 Å². The zero-order valence-electron chi connectivity index (χ0n) is 15.0. The number of hydrogen-bond acceptors (Lipinski definition) is 5. The van der Waals surface area contributed by atoms with E-state index in [1.54, 1.807) is 29.2 Å². The lowest BCUT2D eigenvalue weighted by molar-refractivity contribution is -0.132. The first-order chi connectivity index (χ1) is 12.0. The van der Waals surface area contributed by atoms with Crippen LogP contribution in [0, 0.1) is 0 Å². The molecule has 0 aliphatic carbocycles. The molecule has 2 amide bonds. The summed E-state index contributed by atoms with van der Waals surface area (Å²) in [7, 11) is 1.29. The summed E-state index contributed by atoms with van der Waals surface area (Å²) in [6.45, 7) is 7.33. The number of ether oxygens (including phenoxy) is 1. The van der Waals surface area contributed by atoms with Gasteiger partial charge in [-0.05, 0) is 18.7 Å². The van der Waals surface area contributed by atoms with Gasteiger partial charge in [-0.15, -0.1) is 0 Å². The quantitative estimate of drug-likeness (QED) is 0.743. The smallest absolute Gasteiger partial charge is 0.339 e. The van der Waals surface area contributed by atoms with Crippen LogP contribution < -0.4 is 4.90 Å². The molecule has 7 nitrogen and oxygen atoms in total. The van der Waals surface area contributed by atoms with Crippen LogP contribution in [0.15, 0.2) is 24.3 Å². The number of carbonyl (C=O) groups excluding carboxylic acids is 3. The van der Waals surface area contributed by atoms with E-state index in [-0.39, 0.29) is 23.9 Å². The molecule has 1 heterocycles. The SMILES string of the molecule is CCN1CCN(C(=O)CN(C(C)=O)c2ccccc2C(=O)OC)CC1. The van der Waals surface area contributed by atoms with E-state index in [1.807, 2.05) is 0 Å². The van der Waals surface area contributed by atoms with Crippen molar-refractivity contribution in [2.75, 3.05) is 51.3 Å². The van der Waals surface area contributed by atoms with E-state index < -0.39 is 5.97 Å². The first-order valence-electron chi connectivity index (χ1n) is 8.43. The van der Waals surface area contributed by atoms with Crippen molar-refractivity contribution >= 4 is 23.5 Å². The highest BCUT2D eigenvalue weighted by atomic mass is 16.5. The van der Waals surface area contributed by atoms with Crippen molar-refractivity contribution in [2.24, 2.45) is 0 Å². The Hall–Kier alpha value is -2.41. The Labute approximate surface area is 148 Å². The van der Waals surface area contributed by atoms with Crippen molar-refractivity contribution < 1.29 is 19.1 Å². The van der Waals surface area contributed by atoms with Crippen LogP contribution >= 0.6 is 0 Å². The maximum Gasteiger partial charge on any atom is 0.339 e. The number of rotatable bonds is 5. The lowest BCUT2D eigenvalue weighted by Crippen LogP contribution is -2.51. The second-order valence-corrected chi connectivity index (χ2v) is 5.93. The minimum absolute atomic E-state index is 0.0878. The number of piperazine rings is 1. The maximum absolute atomic E-state index is 12.6. The van der Waals surface area contributed by atoms with Crippen molar-refractivity contribution in [2.45, 2.75) is 13.8 Å². The molecule has 0 atom stereocenters. The topological polar surface area (TPSA) is 70.2 Å². The fourth-order valence-electron chi connectivity index (χ4n) is 2.91. The molecule has 0 saturated carbocycles. The number of benzene rings is 1. The first kappa shape index (κ1) is 18.9. The Morgan fingerprint density at radius 2 is 1.76 bits per heavy atom. The fraction of sp³-hybridized carbons (Fsp3) is 0.500. The van der Waals surface area contributed by atoms with Gasteiger partial charge in [0, 0.05) is 33.1 Å². The van der Waals surface area contributed by atoms with Crippen molar-refractivity contribution in [1.29, 1.82) is 0 Å². The lowest BCUT2D eigenvalue weighted by atomic mass is 10.1. The molecule has 1 aliphatic rings. The third-order valence-electron chi connectivity index (χ3n) is 4.45. The van der Waals surface area contributed by atoms with Crippen LogP contribution in [0.4, 0.5) is 5.69 Å². The zero-order chi connectivity index (χ0) is 18.4. The third kappa shape index (κ3) is 4.57. The highest BCUT2D eigenvalue weighted by Crippen LogP contribution is 2.22. The van der Waals surface area contributed by atoms with E-state index in [1.165, 1.54) is 18.9 Å². The summed E-state index contributed by atoms with van der Waals surface area (Å²) in [6.07, 6.45) is 0. The van der Waals surface area contributed by atoms with E-state index in [4.69, 9.17) is 4.74 Å². The molecule has 25 heavy (non-hydrogen) atoms. The summed E-state index contributed by atoms with van der Waals surface area (Å²) in [5.41, 5.74) is 0.659. The molecule has 1 aliphatic heterocycles. The van der Waals surface area contributed by atoms with E-state index in [9.17, 15) is 14.4 Å². The minimum Gasteiger partial charge on any atom is -0.465 e. The Morgan fingerprint density at radius 3 is 2.32 bits per heavy atom. The highest BCUT2D eigenvalue weighted by molar-refractivity contribution is 6.04. The average Bonchev–Trinajstić information content (AvgIpc) is 2.65. The molecule has 0 bridgehead atoms. The molecule has 0 unspecified atom stereocenters. The van der Waals surface area contributed by atoms with E-state index in [0.717, 1.165) is 19.6 Å². The molecule has 0 N–H and O–H groups in total. The average molecular weight is 347 g/mol. The van der Waals surface area contributed by atoms with Crippen LogP contribution in [-0.2, 0) is 14.3 Å². The van der Waals surface area contributed by atoms with Gasteiger partial charge in [0.2, 0.25) is 11.8 Å². The summed E-state index contributed by atoms with van der Waals surface area (Å²) >= 11 is 0. The third-order valence-corrected chi connectivity index (χ3v) is 4.45. The van der Waals surface area contributed by atoms with Gasteiger partial charge in [0.15, 0.2) is 0 Å². The van der Waals surface area contributed by atoms with Crippen molar-refractivity contribution in [3.8, 4) is 0 Å². The number of nitrogens with zero attached hydrogens (tertiary/aromatic N) is 3. The summed E-state index contributed by atoms with van der Waals surface area (Å²) < 4.78 is 4.77. The lowest BCUT2D eigenvalue weighted by Gasteiger charge is -2.35. The summed E-state index contributed by atoms with van der Waals surface area (Å²) in [5, 5.41) is 0. The van der Waals surface area contributed by atoms with Crippen LogP contribution in [0.3, 0.4) is 0 Å². The van der Waals surface area contributed by atoms with E-state index in [0.29, 0.717) is 18.8 Å². The van der Waals surface area contributed by atoms with Crippen molar-refractivity contribution in [1.82, 2.24) is 9.80 Å². The Kier molecular flexibility index (Phi) is 6.52. The standard InChI is InChI=1S/C18H25N3O4/c1-4-19-9-11-20(12-10-19)17(23)13-21(14(2)22)16-8-6-5-7-15(16)18(24)25-3/h5-8H,4,9-13H2,1-3H3. The van der Waals surface area contributed by atoms with Gasteiger partial charge in [-0.25, -0.2) is 4.79 Å². The molecule has 2 rings (SSSR count). The van der Waals surface area contributed by atoms with Crippen LogP contribution in [0.2, 0.25) is 0 Å². The predicted octanol–water partition coefficient (Wildman–Crippen LogP) is 0.990. The molecule has 1 fully saturated rings. The first-order valence-corrected chi connectivity index (χ1v) is 8.43. The largest absolute Gasteiger partial charge is 0.465 e. The molecule has 0 radical (unpaired) electrons. The maximum atomic E-state index is 12.6. The van der Waals surface area contributed by atoms with E-state index in [2.05, 4.69) is 11.8 Å². The summed E-state index contributed by atoms with van der Waals surface area (Å²) in [6, 6.07) is 6.65. The van der Waals surface area contributed by atoms with E-state index >= 15 is 0 Å². The van der Waals surface area contributed by atoms with Crippen LogP contribution in [-0.4, -0.2) is 74.0 Å². The second-order valence-electron chi connectivity index (χ2n) is 5.93. The number of likely N-dealkylation sites (N-methyl/N-ethyl adjacent to an activating group) is 1. The predicted molar refractivity (Wildman–Crippen MR) is 94.5 cm³/mol. The van der Waals surface area contributed by atoms with Gasteiger partial charge in [-0.3, -0.25) is 9.59 Å². The van der Waals surface area contributed by atoms with Gasteiger partial charge in [0.25, 0.3) is 0 Å². The highest BCUT2D eigenvalue weighted by Gasteiger charge is 2.26.